The van der Waals surface area contributed by atoms with Gasteiger partial charge in [0.1, 0.15) is 22.7 Å². The fraction of sp³-hybridized carbons (Fsp3) is 0.217. The Hall–Kier alpha value is -3.12. The second kappa shape index (κ2) is 7.72. The Morgan fingerprint density at radius 2 is 1.59 bits per heavy atom. The summed E-state index contributed by atoms with van der Waals surface area (Å²) >= 11 is 1.68. The van der Waals surface area contributed by atoms with E-state index in [0.29, 0.717) is 0 Å². The Labute approximate surface area is 174 Å². The number of piperazine rings is 1. The summed E-state index contributed by atoms with van der Waals surface area (Å²) in [6, 6.07) is 18.7. The van der Waals surface area contributed by atoms with E-state index in [1.807, 2.05) is 18.2 Å². The third-order valence-corrected chi connectivity index (χ3v) is 6.33. The molecule has 0 radical (unpaired) electrons. The molecule has 1 fully saturated rings. The van der Waals surface area contributed by atoms with E-state index in [4.69, 9.17) is 9.72 Å². The van der Waals surface area contributed by atoms with Crippen LogP contribution in [0, 0.1) is 0 Å². The fourth-order valence-corrected chi connectivity index (χ4v) is 4.89. The van der Waals surface area contributed by atoms with Crippen molar-refractivity contribution < 1.29 is 4.74 Å². The van der Waals surface area contributed by atoms with Gasteiger partial charge in [-0.15, -0.1) is 11.3 Å². The summed E-state index contributed by atoms with van der Waals surface area (Å²) in [4.78, 5) is 15.0. The molecule has 6 heteroatoms. The average Bonchev–Trinajstić information content (AvgIpc) is 3.24. The van der Waals surface area contributed by atoms with Crippen LogP contribution in [0.3, 0.4) is 0 Å². The van der Waals surface area contributed by atoms with Gasteiger partial charge in [-0.25, -0.2) is 9.97 Å². The molecule has 1 saturated heterocycles. The summed E-state index contributed by atoms with van der Waals surface area (Å²) in [6.07, 6.45) is 1.69. The van der Waals surface area contributed by atoms with Crippen molar-refractivity contribution in [3.8, 4) is 16.9 Å². The molecule has 0 unspecified atom stereocenters. The van der Waals surface area contributed by atoms with Crippen LogP contribution in [-0.4, -0.2) is 43.3 Å². The smallest absolute Gasteiger partial charge is 0.142 e. The number of hydrogen-bond donors (Lipinski definition) is 0. The van der Waals surface area contributed by atoms with Gasteiger partial charge in [-0.05, 0) is 17.7 Å². The number of thiophene rings is 1. The van der Waals surface area contributed by atoms with Crippen molar-refractivity contribution in [2.75, 3.05) is 43.1 Å². The lowest BCUT2D eigenvalue weighted by Crippen LogP contribution is -2.47. The molecule has 0 bridgehead atoms. The lowest BCUT2D eigenvalue weighted by Gasteiger charge is -2.37. The Kier molecular flexibility index (Phi) is 4.77. The second-order valence-electron chi connectivity index (χ2n) is 7.04. The lowest BCUT2D eigenvalue weighted by atomic mass is 10.1. The number of aromatic nitrogens is 2. The molecular weight excluding hydrogens is 380 g/mol. The molecule has 146 valence electrons. The molecule has 0 N–H and O–H groups in total. The minimum Gasteiger partial charge on any atom is -0.495 e. The zero-order chi connectivity index (χ0) is 19.6. The van der Waals surface area contributed by atoms with Crippen molar-refractivity contribution >= 4 is 33.1 Å². The van der Waals surface area contributed by atoms with E-state index < -0.39 is 0 Å². The predicted molar refractivity (Wildman–Crippen MR) is 120 cm³/mol. The molecule has 29 heavy (non-hydrogen) atoms. The summed E-state index contributed by atoms with van der Waals surface area (Å²) in [5.41, 5.74) is 3.58. The maximum atomic E-state index is 5.55. The summed E-state index contributed by atoms with van der Waals surface area (Å²) in [5.74, 6) is 1.96. The number of nitrogens with zero attached hydrogens (tertiary/aromatic N) is 4. The first-order chi connectivity index (χ1) is 14.3. The summed E-state index contributed by atoms with van der Waals surface area (Å²) in [7, 11) is 1.73. The molecule has 0 amide bonds. The first-order valence-corrected chi connectivity index (χ1v) is 10.6. The van der Waals surface area contributed by atoms with Crippen LogP contribution in [0.5, 0.6) is 5.75 Å². The number of benzene rings is 2. The number of ether oxygens (including phenoxy) is 1. The second-order valence-corrected chi connectivity index (χ2v) is 7.90. The number of hydrogen-bond acceptors (Lipinski definition) is 6. The van der Waals surface area contributed by atoms with Crippen LogP contribution >= 0.6 is 11.3 Å². The fourth-order valence-electron chi connectivity index (χ4n) is 3.98. The van der Waals surface area contributed by atoms with Gasteiger partial charge in [-0.3, -0.25) is 0 Å². The number of para-hydroxylation sites is 2. The van der Waals surface area contributed by atoms with Gasteiger partial charge < -0.3 is 14.5 Å². The predicted octanol–water partition coefficient (Wildman–Crippen LogP) is 4.69. The van der Waals surface area contributed by atoms with E-state index in [-0.39, 0.29) is 0 Å². The molecule has 1 aliphatic heterocycles. The molecule has 4 aromatic rings. The number of fused-ring (bicyclic) bond motifs is 1. The first-order valence-electron chi connectivity index (χ1n) is 9.75. The van der Waals surface area contributed by atoms with Gasteiger partial charge in [0, 0.05) is 37.1 Å². The molecule has 2 aromatic carbocycles. The average molecular weight is 403 g/mol. The molecule has 1 aliphatic rings. The van der Waals surface area contributed by atoms with Gasteiger partial charge in [0.2, 0.25) is 0 Å². The van der Waals surface area contributed by atoms with Crippen molar-refractivity contribution in [2.24, 2.45) is 0 Å². The quantitative estimate of drug-likeness (QED) is 0.495. The first kappa shape index (κ1) is 17.9. The molecule has 0 aliphatic carbocycles. The van der Waals surface area contributed by atoms with Crippen molar-refractivity contribution in [3.05, 3.63) is 66.3 Å². The van der Waals surface area contributed by atoms with Crippen LogP contribution < -0.4 is 14.5 Å². The number of rotatable bonds is 4. The van der Waals surface area contributed by atoms with E-state index in [1.54, 1.807) is 24.8 Å². The molecule has 0 saturated carbocycles. The van der Waals surface area contributed by atoms with Crippen molar-refractivity contribution in [2.45, 2.75) is 0 Å². The van der Waals surface area contributed by atoms with E-state index in [9.17, 15) is 0 Å². The molecule has 0 spiro atoms. The van der Waals surface area contributed by atoms with Gasteiger partial charge in [0.25, 0.3) is 0 Å². The van der Waals surface area contributed by atoms with Crippen LogP contribution in [0.2, 0.25) is 0 Å². The van der Waals surface area contributed by atoms with Crippen LogP contribution in [0.15, 0.2) is 66.3 Å². The van der Waals surface area contributed by atoms with E-state index in [0.717, 1.165) is 53.7 Å². The van der Waals surface area contributed by atoms with E-state index >= 15 is 0 Å². The Morgan fingerprint density at radius 3 is 2.38 bits per heavy atom. The molecule has 0 atom stereocenters. The highest BCUT2D eigenvalue weighted by Gasteiger charge is 2.23. The van der Waals surface area contributed by atoms with E-state index in [1.165, 1.54) is 11.1 Å². The molecule has 5 nitrogen and oxygen atoms in total. The van der Waals surface area contributed by atoms with Crippen LogP contribution in [0.25, 0.3) is 21.3 Å². The minimum atomic E-state index is 0.911. The van der Waals surface area contributed by atoms with Crippen molar-refractivity contribution in [1.29, 1.82) is 0 Å². The highest BCUT2D eigenvalue weighted by molar-refractivity contribution is 7.17. The highest BCUT2D eigenvalue weighted by atomic mass is 32.1. The summed E-state index contributed by atoms with van der Waals surface area (Å²) in [6.45, 7) is 3.68. The number of methoxy groups -OCH3 is 1. The van der Waals surface area contributed by atoms with Gasteiger partial charge in [-0.1, -0.05) is 42.5 Å². The van der Waals surface area contributed by atoms with Crippen LogP contribution in [-0.2, 0) is 0 Å². The van der Waals surface area contributed by atoms with E-state index in [2.05, 4.69) is 56.6 Å². The Bertz CT molecular complexity index is 1120. The molecule has 3 heterocycles. The van der Waals surface area contributed by atoms with Gasteiger partial charge in [-0.2, -0.15) is 0 Å². The summed E-state index contributed by atoms with van der Waals surface area (Å²) in [5, 5.41) is 3.36. The monoisotopic (exact) mass is 402 g/mol. The lowest BCUT2D eigenvalue weighted by molar-refractivity contribution is 0.413. The normalized spacial score (nSPS) is 14.4. The summed E-state index contributed by atoms with van der Waals surface area (Å²) < 4.78 is 5.55. The van der Waals surface area contributed by atoms with Crippen molar-refractivity contribution in [3.63, 3.8) is 0 Å². The standard InChI is InChI=1S/C23H22N4OS/c1-28-20-10-6-5-9-19(20)26-11-13-27(14-12-26)22-21-18(17-7-3-2-4-8-17)15-29-23(21)25-16-24-22/h2-10,15-16H,11-14H2,1H3. The maximum absolute atomic E-state index is 5.55. The Morgan fingerprint density at radius 1 is 0.862 bits per heavy atom. The zero-order valence-electron chi connectivity index (χ0n) is 16.3. The van der Waals surface area contributed by atoms with Crippen LogP contribution in [0.1, 0.15) is 0 Å². The zero-order valence-corrected chi connectivity index (χ0v) is 17.1. The largest absolute Gasteiger partial charge is 0.495 e. The topological polar surface area (TPSA) is 41.5 Å². The SMILES string of the molecule is COc1ccccc1N1CCN(c2ncnc3scc(-c4ccccc4)c23)CC1. The third-order valence-electron chi connectivity index (χ3n) is 5.44. The van der Waals surface area contributed by atoms with Gasteiger partial charge >= 0.3 is 0 Å². The third kappa shape index (κ3) is 3.29. The highest BCUT2D eigenvalue weighted by Crippen LogP contribution is 2.38. The Balaban J connectivity index is 1.45. The minimum absolute atomic E-state index is 0.911. The molecule has 2 aromatic heterocycles. The van der Waals surface area contributed by atoms with Crippen molar-refractivity contribution in [1.82, 2.24) is 9.97 Å². The van der Waals surface area contributed by atoms with Gasteiger partial charge in [0.05, 0.1) is 18.2 Å². The number of anilines is 2. The molecule has 5 rings (SSSR count). The molecular formula is C23H22N4OS. The van der Waals surface area contributed by atoms with Gasteiger partial charge in [0.15, 0.2) is 0 Å². The maximum Gasteiger partial charge on any atom is 0.142 e. The van der Waals surface area contributed by atoms with Crippen LogP contribution in [0.4, 0.5) is 11.5 Å².